The van der Waals surface area contributed by atoms with E-state index >= 15 is 0 Å². The van der Waals surface area contributed by atoms with E-state index in [2.05, 4.69) is 22.4 Å². The predicted octanol–water partition coefficient (Wildman–Crippen LogP) is 5.47. The highest BCUT2D eigenvalue weighted by Gasteiger charge is 2.17. The maximum atomic E-state index is 12.2. The third-order valence-electron chi connectivity index (χ3n) is 2.96. The summed E-state index contributed by atoms with van der Waals surface area (Å²) in [4.78, 5) is 13.3. The lowest BCUT2D eigenvalue weighted by Gasteiger charge is -2.02. The van der Waals surface area contributed by atoms with Gasteiger partial charge in [-0.15, -0.1) is 28.2 Å². The first-order chi connectivity index (χ1) is 11.6. The molecule has 124 valence electrons. The third-order valence-corrected chi connectivity index (χ3v) is 5.34. The van der Waals surface area contributed by atoms with Crippen molar-refractivity contribution in [2.75, 3.05) is 11.1 Å². The van der Waals surface area contributed by atoms with Crippen molar-refractivity contribution >= 4 is 58.2 Å². The molecule has 0 unspecified atom stereocenters. The van der Waals surface area contributed by atoms with Crippen molar-refractivity contribution in [2.45, 2.75) is 11.8 Å². The summed E-state index contributed by atoms with van der Waals surface area (Å²) in [6.07, 6.45) is 0. The molecular weight excluding hydrogens is 389 g/mol. The number of halogens is 2. The van der Waals surface area contributed by atoms with Gasteiger partial charge in [0.15, 0.2) is 0 Å². The average molecular weight is 400 g/mol. The van der Waals surface area contributed by atoms with E-state index in [1.165, 1.54) is 11.3 Å². The summed E-state index contributed by atoms with van der Waals surface area (Å²) in [5.41, 5.74) is 1.05. The van der Waals surface area contributed by atoms with Crippen LogP contribution in [0.2, 0.25) is 8.67 Å². The number of amides is 1. The highest BCUT2D eigenvalue weighted by atomic mass is 35.5. The first-order valence-corrected chi connectivity index (χ1v) is 9.45. The van der Waals surface area contributed by atoms with Crippen LogP contribution in [-0.2, 0) is 0 Å². The molecule has 3 rings (SSSR count). The second-order valence-electron chi connectivity index (χ2n) is 4.56. The molecule has 0 aliphatic heterocycles. The van der Waals surface area contributed by atoms with E-state index in [0.29, 0.717) is 19.8 Å². The Morgan fingerprint density at radius 3 is 2.67 bits per heavy atom. The van der Waals surface area contributed by atoms with Crippen molar-refractivity contribution in [3.8, 4) is 11.5 Å². The number of thioether (sulfide) groups is 1. The number of carbonyl (C=O) groups excluding carboxylic acids is 1. The van der Waals surface area contributed by atoms with Crippen LogP contribution in [0.15, 0.2) is 39.6 Å². The van der Waals surface area contributed by atoms with Gasteiger partial charge in [0, 0.05) is 10.5 Å². The lowest BCUT2D eigenvalue weighted by atomic mass is 10.2. The molecule has 1 aromatic carbocycles. The molecule has 0 aliphatic carbocycles. The lowest BCUT2D eigenvalue weighted by Crippen LogP contribution is -2.11. The second kappa shape index (κ2) is 7.57. The molecule has 2 aromatic heterocycles. The zero-order valence-electron chi connectivity index (χ0n) is 12.4. The number of aromatic nitrogens is 2. The molecule has 0 saturated carbocycles. The first kappa shape index (κ1) is 17.3. The molecule has 0 fully saturated rings. The van der Waals surface area contributed by atoms with Gasteiger partial charge in [-0.2, -0.15) is 0 Å². The molecule has 3 aromatic rings. The van der Waals surface area contributed by atoms with Crippen molar-refractivity contribution in [3.63, 3.8) is 0 Å². The summed E-state index contributed by atoms with van der Waals surface area (Å²) in [6.45, 7) is 2.07. The van der Waals surface area contributed by atoms with E-state index in [-0.39, 0.29) is 17.8 Å². The highest BCUT2D eigenvalue weighted by Crippen LogP contribution is 2.37. The summed E-state index contributed by atoms with van der Waals surface area (Å²) < 4.78 is 6.39. The number of benzene rings is 1. The molecule has 9 heteroatoms. The topological polar surface area (TPSA) is 68.0 Å². The number of carbonyl (C=O) groups is 1. The van der Waals surface area contributed by atoms with Crippen LogP contribution in [0.5, 0.6) is 0 Å². The largest absolute Gasteiger partial charge is 0.403 e. The second-order valence-corrected chi connectivity index (χ2v) is 8.18. The molecule has 0 atom stereocenters. The van der Waals surface area contributed by atoms with Crippen molar-refractivity contribution in [1.82, 2.24) is 10.2 Å². The van der Waals surface area contributed by atoms with Crippen LogP contribution in [0.1, 0.15) is 17.3 Å². The zero-order chi connectivity index (χ0) is 17.1. The number of nitrogens with one attached hydrogen (secondary N) is 1. The Hall–Kier alpha value is -1.54. The summed E-state index contributed by atoms with van der Waals surface area (Å²) in [5, 5.41) is 10.2. The van der Waals surface area contributed by atoms with Gasteiger partial charge in [-0.3, -0.25) is 10.1 Å². The van der Waals surface area contributed by atoms with E-state index in [1.807, 2.05) is 12.1 Å². The molecule has 0 spiro atoms. The molecule has 5 nitrogen and oxygen atoms in total. The lowest BCUT2D eigenvalue weighted by molar-refractivity contribution is 0.102. The van der Waals surface area contributed by atoms with Crippen molar-refractivity contribution in [2.24, 2.45) is 0 Å². The molecule has 2 heterocycles. The summed E-state index contributed by atoms with van der Waals surface area (Å²) in [5.74, 6) is 0.853. The Bertz CT molecular complexity index is 862. The van der Waals surface area contributed by atoms with Gasteiger partial charge < -0.3 is 4.42 Å². The molecule has 0 aliphatic rings. The smallest absolute Gasteiger partial charge is 0.322 e. The Morgan fingerprint density at radius 2 is 2.04 bits per heavy atom. The van der Waals surface area contributed by atoms with Crippen LogP contribution in [0.25, 0.3) is 11.5 Å². The Balaban J connectivity index is 1.72. The quantitative estimate of drug-likeness (QED) is 0.576. The summed E-state index contributed by atoms with van der Waals surface area (Å²) >= 11 is 14.9. The average Bonchev–Trinajstić information content (AvgIpc) is 3.14. The monoisotopic (exact) mass is 399 g/mol. The maximum absolute atomic E-state index is 12.2. The number of anilines is 1. The van der Waals surface area contributed by atoms with Crippen LogP contribution in [-0.4, -0.2) is 21.9 Å². The normalized spacial score (nSPS) is 10.8. The van der Waals surface area contributed by atoms with Crippen LogP contribution in [0.3, 0.4) is 0 Å². The number of thiophene rings is 1. The van der Waals surface area contributed by atoms with Gasteiger partial charge in [0.25, 0.3) is 11.8 Å². The van der Waals surface area contributed by atoms with Crippen LogP contribution in [0.4, 0.5) is 6.01 Å². The van der Waals surface area contributed by atoms with Gasteiger partial charge in [-0.1, -0.05) is 35.2 Å². The predicted molar refractivity (Wildman–Crippen MR) is 98.4 cm³/mol. The maximum Gasteiger partial charge on any atom is 0.322 e. The minimum absolute atomic E-state index is 0.000369. The fourth-order valence-corrected chi connectivity index (χ4v) is 4.02. The molecule has 0 bridgehead atoms. The van der Waals surface area contributed by atoms with Gasteiger partial charge in [-0.25, -0.2) is 0 Å². The zero-order valence-corrected chi connectivity index (χ0v) is 15.5. The third kappa shape index (κ3) is 3.92. The van der Waals surface area contributed by atoms with E-state index in [4.69, 9.17) is 27.6 Å². The van der Waals surface area contributed by atoms with Crippen LogP contribution in [0, 0.1) is 0 Å². The Morgan fingerprint density at radius 1 is 1.29 bits per heavy atom. The minimum Gasteiger partial charge on any atom is -0.403 e. The van der Waals surface area contributed by atoms with Crippen molar-refractivity contribution in [1.29, 1.82) is 0 Å². The minimum atomic E-state index is -0.326. The van der Waals surface area contributed by atoms with Gasteiger partial charge in [0.2, 0.25) is 0 Å². The van der Waals surface area contributed by atoms with Crippen LogP contribution < -0.4 is 5.32 Å². The standard InChI is InChI=1S/C15H11Cl2N3O2S2/c1-2-23-9-5-3-8(4-6-9)13(21)18-15-20-19-14(22-15)10-7-11(16)24-12(10)17/h3-7H,2H2,1H3,(H,18,20,21). The molecule has 0 saturated heterocycles. The number of nitrogens with zero attached hydrogens (tertiary/aromatic N) is 2. The fraction of sp³-hybridized carbons (Fsp3) is 0.133. The number of hydrogen-bond acceptors (Lipinski definition) is 6. The van der Waals surface area contributed by atoms with Gasteiger partial charge in [0.05, 0.1) is 9.90 Å². The molecule has 0 radical (unpaired) electrons. The number of rotatable bonds is 5. The van der Waals surface area contributed by atoms with Crippen molar-refractivity contribution in [3.05, 3.63) is 44.6 Å². The van der Waals surface area contributed by atoms with Gasteiger partial charge in [0.1, 0.15) is 4.34 Å². The van der Waals surface area contributed by atoms with E-state index < -0.39 is 0 Å². The summed E-state index contributed by atoms with van der Waals surface area (Å²) in [6, 6.07) is 8.93. The van der Waals surface area contributed by atoms with Gasteiger partial charge in [-0.05, 0) is 36.1 Å². The molecule has 24 heavy (non-hydrogen) atoms. The molecule has 1 N–H and O–H groups in total. The van der Waals surface area contributed by atoms with E-state index in [0.717, 1.165) is 10.6 Å². The van der Waals surface area contributed by atoms with Crippen molar-refractivity contribution < 1.29 is 9.21 Å². The summed E-state index contributed by atoms with van der Waals surface area (Å²) in [7, 11) is 0. The van der Waals surface area contributed by atoms with Crippen LogP contribution >= 0.6 is 46.3 Å². The molecular formula is C15H11Cl2N3O2S2. The van der Waals surface area contributed by atoms with Gasteiger partial charge >= 0.3 is 6.01 Å². The number of hydrogen-bond donors (Lipinski definition) is 1. The Labute approximate surface area is 156 Å². The Kier molecular flexibility index (Phi) is 5.45. The fourth-order valence-electron chi connectivity index (χ4n) is 1.91. The van der Waals surface area contributed by atoms with E-state index in [9.17, 15) is 4.79 Å². The highest BCUT2D eigenvalue weighted by molar-refractivity contribution is 7.99. The first-order valence-electron chi connectivity index (χ1n) is 6.89. The molecule has 1 amide bonds. The van der Waals surface area contributed by atoms with E-state index in [1.54, 1.807) is 30.0 Å². The SMILES string of the molecule is CCSc1ccc(C(=O)Nc2nnc(-c3cc(Cl)sc3Cl)o2)cc1.